The van der Waals surface area contributed by atoms with E-state index in [9.17, 15) is 9.59 Å². The summed E-state index contributed by atoms with van der Waals surface area (Å²) in [5.74, 6) is 0.305. The lowest BCUT2D eigenvalue weighted by Crippen LogP contribution is -2.43. The Morgan fingerprint density at radius 2 is 1.84 bits per heavy atom. The summed E-state index contributed by atoms with van der Waals surface area (Å²) in [5, 5.41) is 2.11. The van der Waals surface area contributed by atoms with Crippen LogP contribution in [0.25, 0.3) is 0 Å². The van der Waals surface area contributed by atoms with E-state index in [1.165, 1.54) is 10.4 Å². The second kappa shape index (κ2) is 8.19. The van der Waals surface area contributed by atoms with Gasteiger partial charge in [-0.3, -0.25) is 9.59 Å². The quantitative estimate of drug-likeness (QED) is 0.618. The highest BCUT2D eigenvalue weighted by Crippen LogP contribution is 2.40. The number of anilines is 1. The zero-order valence-corrected chi connectivity index (χ0v) is 18.2. The first-order valence-electron chi connectivity index (χ1n) is 10.5. The van der Waals surface area contributed by atoms with Crippen LogP contribution in [-0.2, 0) is 16.0 Å². The minimum atomic E-state index is -0.358. The first-order valence-corrected chi connectivity index (χ1v) is 11.4. The predicted octanol–water partition coefficient (Wildman–Crippen LogP) is 4.28. The molecule has 0 spiro atoms. The zero-order chi connectivity index (χ0) is 21.4. The highest BCUT2D eigenvalue weighted by molar-refractivity contribution is 7.10. The molecule has 2 aliphatic rings. The molecule has 5 nitrogen and oxygen atoms in total. The largest absolute Gasteiger partial charge is 0.495 e. The van der Waals surface area contributed by atoms with E-state index in [1.54, 1.807) is 23.3 Å². The molecule has 0 N–H and O–H groups in total. The molecule has 3 heterocycles. The number of carbonyl (C=O) groups excluding carboxylic acids is 2. The third kappa shape index (κ3) is 3.51. The standard InChI is InChI=1S/C25H24N2O3S/c1-30-21-10-6-5-9-20(21)27-16-18(15-23(27)28)25(29)26-13-11-22-19(12-14-31-22)24(26)17-7-3-2-4-8-17/h2-10,12,14,18,24H,11,13,15-16H2,1H3. The maximum Gasteiger partial charge on any atom is 0.228 e. The van der Waals surface area contributed by atoms with E-state index in [0.717, 1.165) is 17.7 Å². The van der Waals surface area contributed by atoms with Crippen molar-refractivity contribution in [3.05, 3.63) is 82.0 Å². The summed E-state index contributed by atoms with van der Waals surface area (Å²) < 4.78 is 5.44. The molecule has 5 rings (SSSR count). The molecule has 1 saturated heterocycles. The molecule has 31 heavy (non-hydrogen) atoms. The fourth-order valence-electron chi connectivity index (χ4n) is 4.74. The Kier molecular flexibility index (Phi) is 5.24. The zero-order valence-electron chi connectivity index (χ0n) is 17.4. The topological polar surface area (TPSA) is 49.9 Å². The van der Waals surface area contributed by atoms with E-state index < -0.39 is 0 Å². The predicted molar refractivity (Wildman–Crippen MR) is 121 cm³/mol. The lowest BCUT2D eigenvalue weighted by Gasteiger charge is -2.37. The van der Waals surface area contributed by atoms with Crippen LogP contribution in [0.1, 0.15) is 28.5 Å². The molecule has 2 amide bonds. The number of para-hydroxylation sites is 2. The van der Waals surface area contributed by atoms with E-state index in [0.29, 0.717) is 18.8 Å². The van der Waals surface area contributed by atoms with Gasteiger partial charge < -0.3 is 14.5 Å². The van der Waals surface area contributed by atoms with Crippen molar-refractivity contribution in [2.24, 2.45) is 5.92 Å². The Bertz CT molecular complexity index is 1110. The lowest BCUT2D eigenvalue weighted by molar-refractivity contribution is -0.137. The summed E-state index contributed by atoms with van der Waals surface area (Å²) >= 11 is 1.76. The van der Waals surface area contributed by atoms with Gasteiger partial charge in [-0.25, -0.2) is 0 Å². The molecule has 2 aromatic carbocycles. The fourth-order valence-corrected chi connectivity index (χ4v) is 5.65. The summed E-state index contributed by atoms with van der Waals surface area (Å²) in [6, 6.07) is 19.7. The summed E-state index contributed by atoms with van der Waals surface area (Å²) in [6.07, 6.45) is 1.09. The van der Waals surface area contributed by atoms with Gasteiger partial charge in [0.2, 0.25) is 11.8 Å². The maximum atomic E-state index is 13.7. The number of rotatable bonds is 4. The smallest absolute Gasteiger partial charge is 0.228 e. The number of hydrogen-bond acceptors (Lipinski definition) is 4. The van der Waals surface area contributed by atoms with Crippen LogP contribution in [0.2, 0.25) is 0 Å². The van der Waals surface area contributed by atoms with Gasteiger partial charge in [0.25, 0.3) is 0 Å². The molecule has 2 atom stereocenters. The molecule has 2 unspecified atom stereocenters. The van der Waals surface area contributed by atoms with Crippen molar-refractivity contribution in [1.29, 1.82) is 0 Å². The van der Waals surface area contributed by atoms with Crippen LogP contribution in [0.15, 0.2) is 66.0 Å². The van der Waals surface area contributed by atoms with Gasteiger partial charge >= 0.3 is 0 Å². The van der Waals surface area contributed by atoms with Crippen LogP contribution < -0.4 is 9.64 Å². The second-order valence-corrected chi connectivity index (χ2v) is 8.97. The van der Waals surface area contributed by atoms with Gasteiger partial charge in [-0.05, 0) is 41.1 Å². The molecule has 3 aromatic rings. The first-order chi connectivity index (χ1) is 15.2. The van der Waals surface area contributed by atoms with Crippen LogP contribution in [0, 0.1) is 5.92 Å². The molecule has 158 valence electrons. The van der Waals surface area contributed by atoms with Gasteiger partial charge in [0.15, 0.2) is 0 Å². The van der Waals surface area contributed by atoms with Crippen LogP contribution in [0.4, 0.5) is 5.69 Å². The molecule has 2 aliphatic heterocycles. The average Bonchev–Trinajstić information content (AvgIpc) is 3.45. The molecular weight excluding hydrogens is 408 g/mol. The lowest BCUT2D eigenvalue weighted by atomic mass is 9.91. The van der Waals surface area contributed by atoms with Gasteiger partial charge in [0.05, 0.1) is 24.8 Å². The van der Waals surface area contributed by atoms with Crippen molar-refractivity contribution in [3.8, 4) is 5.75 Å². The van der Waals surface area contributed by atoms with E-state index in [1.807, 2.05) is 47.4 Å². The molecule has 1 fully saturated rings. The number of hydrogen-bond donors (Lipinski definition) is 0. The van der Waals surface area contributed by atoms with E-state index in [2.05, 4.69) is 23.6 Å². The van der Waals surface area contributed by atoms with Gasteiger partial charge in [-0.2, -0.15) is 0 Å². The average molecular weight is 433 g/mol. The van der Waals surface area contributed by atoms with Crippen molar-refractivity contribution in [1.82, 2.24) is 4.90 Å². The number of fused-ring (bicyclic) bond motifs is 1. The Hall–Kier alpha value is -3.12. The Morgan fingerprint density at radius 1 is 1.06 bits per heavy atom. The third-order valence-corrected chi connectivity index (χ3v) is 7.21. The highest BCUT2D eigenvalue weighted by Gasteiger charge is 2.41. The SMILES string of the molecule is COc1ccccc1N1CC(C(=O)N2CCc3sccc3C2c2ccccc2)CC1=O. The van der Waals surface area contributed by atoms with Crippen molar-refractivity contribution in [2.45, 2.75) is 18.9 Å². The minimum Gasteiger partial charge on any atom is -0.495 e. The van der Waals surface area contributed by atoms with Crippen molar-refractivity contribution >= 4 is 28.8 Å². The number of ether oxygens (including phenoxy) is 1. The van der Waals surface area contributed by atoms with Crippen LogP contribution in [0.3, 0.4) is 0 Å². The summed E-state index contributed by atoms with van der Waals surface area (Å²) in [4.78, 5) is 31.6. The Morgan fingerprint density at radius 3 is 2.65 bits per heavy atom. The molecule has 0 saturated carbocycles. The van der Waals surface area contributed by atoms with Crippen LogP contribution in [-0.4, -0.2) is 36.9 Å². The molecule has 1 aromatic heterocycles. The molecule has 0 radical (unpaired) electrons. The number of methoxy groups -OCH3 is 1. The van der Waals surface area contributed by atoms with Gasteiger partial charge in [0, 0.05) is 24.4 Å². The van der Waals surface area contributed by atoms with Crippen molar-refractivity contribution < 1.29 is 14.3 Å². The molecule has 6 heteroatoms. The molecular formula is C25H24N2O3S. The number of thiophene rings is 1. The van der Waals surface area contributed by atoms with Crippen LogP contribution in [0.5, 0.6) is 5.75 Å². The number of nitrogens with zero attached hydrogens (tertiary/aromatic N) is 2. The van der Waals surface area contributed by atoms with Crippen molar-refractivity contribution in [2.75, 3.05) is 25.1 Å². The summed E-state index contributed by atoms with van der Waals surface area (Å²) in [6.45, 7) is 1.05. The Labute approximate surface area is 185 Å². The van der Waals surface area contributed by atoms with Gasteiger partial charge in [0.1, 0.15) is 5.75 Å². The van der Waals surface area contributed by atoms with E-state index in [-0.39, 0.29) is 30.2 Å². The molecule has 0 bridgehead atoms. The first kappa shape index (κ1) is 19.8. The number of amides is 2. The third-order valence-electron chi connectivity index (χ3n) is 6.21. The monoisotopic (exact) mass is 432 g/mol. The van der Waals surface area contributed by atoms with Crippen molar-refractivity contribution in [3.63, 3.8) is 0 Å². The van der Waals surface area contributed by atoms with E-state index in [4.69, 9.17) is 4.74 Å². The highest BCUT2D eigenvalue weighted by atomic mass is 32.1. The Balaban J connectivity index is 1.44. The molecule has 0 aliphatic carbocycles. The van der Waals surface area contributed by atoms with E-state index >= 15 is 0 Å². The normalized spacial score (nSPS) is 20.6. The van der Waals surface area contributed by atoms with Gasteiger partial charge in [-0.15, -0.1) is 11.3 Å². The maximum absolute atomic E-state index is 13.7. The van der Waals surface area contributed by atoms with Gasteiger partial charge in [-0.1, -0.05) is 42.5 Å². The minimum absolute atomic E-state index is 0.0349. The number of benzene rings is 2. The number of carbonyl (C=O) groups is 2. The second-order valence-electron chi connectivity index (χ2n) is 7.97. The fraction of sp³-hybridized carbons (Fsp3) is 0.280. The summed E-state index contributed by atoms with van der Waals surface area (Å²) in [7, 11) is 1.60. The summed E-state index contributed by atoms with van der Waals surface area (Å²) in [5.41, 5.74) is 3.05. The van der Waals surface area contributed by atoms with Crippen LogP contribution >= 0.6 is 11.3 Å².